The van der Waals surface area contributed by atoms with Crippen LogP contribution in [0.5, 0.6) is 0 Å². The van der Waals surface area contributed by atoms with Crippen molar-refractivity contribution >= 4 is 21.9 Å². The largest absolute Gasteiger partial charge is 0.431 e. The van der Waals surface area contributed by atoms with Crippen LogP contribution in [0.4, 0.5) is 6.01 Å². The molecule has 0 saturated carbocycles. The van der Waals surface area contributed by atoms with E-state index in [1.54, 1.807) is 0 Å². The number of hydrogen-bond donors (Lipinski definition) is 4. The SMILES string of the molecule is COCC(O)C(O)C(Cc1ccccc1)NC(=O)c1coc(NS(C)(=O)=O)n1. The van der Waals surface area contributed by atoms with Gasteiger partial charge in [-0.2, -0.15) is 4.98 Å². The first-order valence-electron chi connectivity index (χ1n) is 8.32. The molecule has 0 bridgehead atoms. The molecule has 0 radical (unpaired) electrons. The molecule has 3 atom stereocenters. The van der Waals surface area contributed by atoms with Crippen molar-refractivity contribution in [2.45, 2.75) is 24.7 Å². The highest BCUT2D eigenvalue weighted by molar-refractivity contribution is 7.91. The van der Waals surface area contributed by atoms with E-state index in [1.807, 2.05) is 35.1 Å². The third-order valence-corrected chi connectivity index (χ3v) is 4.31. The van der Waals surface area contributed by atoms with Gasteiger partial charge in [-0.15, -0.1) is 0 Å². The van der Waals surface area contributed by atoms with Crippen LogP contribution in [0.1, 0.15) is 16.1 Å². The zero-order valence-electron chi connectivity index (χ0n) is 15.4. The first-order chi connectivity index (χ1) is 13.2. The lowest BCUT2D eigenvalue weighted by molar-refractivity contribution is -0.0407. The van der Waals surface area contributed by atoms with E-state index >= 15 is 0 Å². The number of carbonyl (C=O) groups excluding carboxylic acids is 1. The molecule has 11 heteroatoms. The van der Waals surface area contributed by atoms with Crippen LogP contribution in [-0.4, -0.2) is 67.7 Å². The van der Waals surface area contributed by atoms with Crippen molar-refractivity contribution in [3.8, 4) is 0 Å². The van der Waals surface area contributed by atoms with Crippen LogP contribution in [0, 0.1) is 0 Å². The lowest BCUT2D eigenvalue weighted by atomic mass is 9.97. The number of anilines is 1. The van der Waals surface area contributed by atoms with E-state index in [0.717, 1.165) is 18.1 Å². The van der Waals surface area contributed by atoms with Gasteiger partial charge in [0, 0.05) is 7.11 Å². The van der Waals surface area contributed by atoms with E-state index in [2.05, 4.69) is 10.3 Å². The smallest absolute Gasteiger partial charge is 0.309 e. The number of nitrogens with zero attached hydrogens (tertiary/aromatic N) is 1. The monoisotopic (exact) mass is 413 g/mol. The summed E-state index contributed by atoms with van der Waals surface area (Å²) in [6.45, 7) is -0.116. The van der Waals surface area contributed by atoms with E-state index < -0.39 is 34.2 Å². The van der Waals surface area contributed by atoms with Crippen molar-refractivity contribution in [1.82, 2.24) is 10.3 Å². The second-order valence-electron chi connectivity index (χ2n) is 6.20. The fraction of sp³-hybridized carbons (Fsp3) is 0.412. The molecule has 28 heavy (non-hydrogen) atoms. The van der Waals surface area contributed by atoms with Gasteiger partial charge < -0.3 is 24.7 Å². The Morgan fingerprint density at radius 2 is 1.96 bits per heavy atom. The van der Waals surface area contributed by atoms with Crippen molar-refractivity contribution < 1.29 is 32.6 Å². The molecule has 2 rings (SSSR count). The average molecular weight is 413 g/mol. The number of methoxy groups -OCH3 is 1. The van der Waals surface area contributed by atoms with Crippen LogP contribution in [0.15, 0.2) is 41.0 Å². The minimum atomic E-state index is -3.61. The molecule has 0 aliphatic heterocycles. The first-order valence-corrected chi connectivity index (χ1v) is 10.2. The van der Waals surface area contributed by atoms with Crippen molar-refractivity contribution in [1.29, 1.82) is 0 Å². The van der Waals surface area contributed by atoms with E-state index in [9.17, 15) is 23.4 Å². The van der Waals surface area contributed by atoms with Gasteiger partial charge in [0.2, 0.25) is 10.0 Å². The second kappa shape index (κ2) is 9.64. The molecular weight excluding hydrogens is 390 g/mol. The van der Waals surface area contributed by atoms with Crippen LogP contribution < -0.4 is 10.0 Å². The average Bonchev–Trinajstić information content (AvgIpc) is 3.08. The number of nitrogens with one attached hydrogen (secondary N) is 2. The predicted octanol–water partition coefficient (Wildman–Crippen LogP) is -0.245. The number of hydrogen-bond acceptors (Lipinski definition) is 8. The highest BCUT2D eigenvalue weighted by atomic mass is 32.2. The van der Waals surface area contributed by atoms with Gasteiger partial charge in [0.25, 0.3) is 5.91 Å². The second-order valence-corrected chi connectivity index (χ2v) is 7.94. The summed E-state index contributed by atoms with van der Waals surface area (Å²) in [5, 5.41) is 23.1. The molecule has 0 aliphatic rings. The van der Waals surface area contributed by atoms with Gasteiger partial charge in [-0.05, 0) is 12.0 Å². The maximum atomic E-state index is 12.5. The van der Waals surface area contributed by atoms with E-state index in [0.29, 0.717) is 0 Å². The minimum absolute atomic E-state index is 0.116. The summed E-state index contributed by atoms with van der Waals surface area (Å²) in [4.78, 5) is 16.2. The lowest BCUT2D eigenvalue weighted by Crippen LogP contribution is -2.51. The Labute approximate surface area is 162 Å². The number of aromatic nitrogens is 1. The highest BCUT2D eigenvalue weighted by Crippen LogP contribution is 2.13. The first kappa shape index (κ1) is 21.8. The summed E-state index contributed by atoms with van der Waals surface area (Å²) in [5.41, 5.74) is 0.647. The predicted molar refractivity (Wildman–Crippen MR) is 100 cm³/mol. The van der Waals surface area contributed by atoms with Crippen molar-refractivity contribution in [3.63, 3.8) is 0 Å². The van der Waals surface area contributed by atoms with Crippen LogP contribution in [0.3, 0.4) is 0 Å². The third kappa shape index (κ3) is 6.60. The maximum Gasteiger partial charge on any atom is 0.309 e. The molecule has 4 N–H and O–H groups in total. The number of benzene rings is 1. The summed E-state index contributed by atoms with van der Waals surface area (Å²) in [5.74, 6) is -0.699. The Bertz CT molecular complexity index is 870. The minimum Gasteiger partial charge on any atom is -0.431 e. The van der Waals surface area contributed by atoms with E-state index in [-0.39, 0.29) is 24.7 Å². The molecule has 3 unspecified atom stereocenters. The van der Waals surface area contributed by atoms with Crippen molar-refractivity contribution in [2.24, 2.45) is 0 Å². The molecule has 1 amide bonds. The number of amides is 1. The summed E-state index contributed by atoms with van der Waals surface area (Å²) in [6, 6.07) is 7.88. The zero-order valence-corrected chi connectivity index (χ0v) is 16.2. The normalized spacial score (nSPS) is 14.9. The number of carbonyl (C=O) groups is 1. The molecule has 1 heterocycles. The molecule has 154 valence electrons. The Hall–Kier alpha value is -2.47. The number of aliphatic hydroxyl groups excluding tert-OH is 2. The molecule has 0 fully saturated rings. The summed E-state index contributed by atoms with van der Waals surface area (Å²) >= 11 is 0. The molecule has 0 saturated heterocycles. The Morgan fingerprint density at radius 3 is 2.57 bits per heavy atom. The van der Waals surface area contributed by atoms with Crippen LogP contribution in [0.2, 0.25) is 0 Å². The summed E-state index contributed by atoms with van der Waals surface area (Å²) in [6.07, 6.45) is -0.398. The maximum absolute atomic E-state index is 12.5. The Morgan fingerprint density at radius 1 is 1.29 bits per heavy atom. The lowest BCUT2D eigenvalue weighted by Gasteiger charge is -2.27. The van der Waals surface area contributed by atoms with Gasteiger partial charge in [0.1, 0.15) is 18.5 Å². The Balaban J connectivity index is 2.15. The van der Waals surface area contributed by atoms with Crippen molar-refractivity contribution in [2.75, 3.05) is 24.7 Å². The molecule has 10 nitrogen and oxygen atoms in total. The molecule has 0 spiro atoms. The van der Waals surface area contributed by atoms with E-state index in [1.165, 1.54) is 7.11 Å². The molecular formula is C17H23N3O7S. The number of aliphatic hydroxyl groups is 2. The quantitative estimate of drug-likeness (QED) is 0.416. The van der Waals surface area contributed by atoms with E-state index in [4.69, 9.17) is 9.15 Å². The summed E-state index contributed by atoms with van der Waals surface area (Å²) < 4.78 is 34.2. The third-order valence-electron chi connectivity index (χ3n) is 3.77. The number of rotatable bonds is 10. The fourth-order valence-corrected chi connectivity index (χ4v) is 2.90. The van der Waals surface area contributed by atoms with Crippen LogP contribution in [0.25, 0.3) is 0 Å². The van der Waals surface area contributed by atoms with Crippen LogP contribution >= 0.6 is 0 Å². The molecule has 1 aromatic carbocycles. The van der Waals surface area contributed by atoms with Gasteiger partial charge in [0.05, 0.1) is 18.9 Å². The standard InChI is InChI=1S/C17H23N3O7S/c1-26-10-14(21)15(22)12(8-11-6-4-3-5-7-11)18-16(23)13-9-27-17(19-13)20-28(2,24)25/h3-7,9,12,14-15,21-22H,8,10H2,1-2H3,(H,18,23)(H,19,20). The van der Waals surface area contributed by atoms with Crippen molar-refractivity contribution in [3.05, 3.63) is 47.9 Å². The zero-order chi connectivity index (χ0) is 20.7. The van der Waals surface area contributed by atoms with Gasteiger partial charge in [0.15, 0.2) is 5.69 Å². The molecule has 1 aromatic heterocycles. The number of oxazole rings is 1. The molecule has 2 aromatic rings. The van der Waals surface area contributed by atoms with Crippen LogP contribution in [-0.2, 0) is 21.2 Å². The van der Waals surface area contributed by atoms with Gasteiger partial charge in [-0.3, -0.25) is 4.79 Å². The van der Waals surface area contributed by atoms with Gasteiger partial charge in [-0.1, -0.05) is 30.3 Å². The topological polar surface area (TPSA) is 151 Å². The summed E-state index contributed by atoms with van der Waals surface area (Å²) in [7, 11) is -2.23. The highest BCUT2D eigenvalue weighted by Gasteiger charge is 2.29. The molecule has 0 aliphatic carbocycles. The fourth-order valence-electron chi connectivity index (χ4n) is 2.49. The number of ether oxygens (including phenoxy) is 1. The number of sulfonamides is 1. The van der Waals surface area contributed by atoms with Gasteiger partial charge in [-0.25, -0.2) is 13.1 Å². The Kier molecular flexibility index (Phi) is 7.52. The van der Waals surface area contributed by atoms with Gasteiger partial charge >= 0.3 is 6.01 Å².